The molecule has 8 heterocycles. The lowest BCUT2D eigenvalue weighted by molar-refractivity contribution is -0.384. The third kappa shape index (κ3) is 8.09. The Morgan fingerprint density at radius 3 is 2.56 bits per heavy atom. The van der Waals surface area contributed by atoms with Gasteiger partial charge in [0.15, 0.2) is 0 Å². The Balaban J connectivity index is 0.831. The second-order valence-corrected chi connectivity index (χ2v) is 22.2. The van der Waals surface area contributed by atoms with Crippen LogP contribution in [0.4, 0.5) is 28.4 Å². The van der Waals surface area contributed by atoms with Crippen molar-refractivity contribution in [2.24, 2.45) is 11.3 Å². The molecule has 1 saturated carbocycles. The molecule has 5 fully saturated rings. The molecule has 0 radical (unpaired) electrons. The summed E-state index contributed by atoms with van der Waals surface area (Å²) in [6.07, 6.45) is 12.8. The number of nitrogens with one attached hydrogen (secondary N) is 3. The second-order valence-electron chi connectivity index (χ2n) is 20.5. The summed E-state index contributed by atoms with van der Waals surface area (Å²) in [5.74, 6) is 0.829. The average Bonchev–Trinajstić information content (AvgIpc) is 3.84. The van der Waals surface area contributed by atoms with Gasteiger partial charge in [0.25, 0.3) is 21.6 Å². The van der Waals surface area contributed by atoms with Gasteiger partial charge < -0.3 is 39.0 Å². The van der Waals surface area contributed by atoms with Crippen molar-refractivity contribution in [3.8, 4) is 11.6 Å². The van der Waals surface area contributed by atoms with E-state index in [1.807, 2.05) is 30.5 Å². The number of carbonyl (C=O) groups is 1. The summed E-state index contributed by atoms with van der Waals surface area (Å²) in [6, 6.07) is 22.2. The van der Waals surface area contributed by atoms with Crippen LogP contribution < -0.4 is 29.3 Å². The molecule has 2 aromatic heterocycles. The van der Waals surface area contributed by atoms with Crippen LogP contribution in [0.1, 0.15) is 86.6 Å². The molecule has 3 atom stereocenters. The fourth-order valence-corrected chi connectivity index (χ4v) is 13.9. The van der Waals surface area contributed by atoms with Crippen molar-refractivity contribution in [2.45, 2.75) is 99.3 Å². The maximum absolute atomic E-state index is 14.7. The third-order valence-electron chi connectivity index (χ3n) is 16.6. The topological polar surface area (TPSA) is 194 Å². The van der Waals surface area contributed by atoms with Gasteiger partial charge in [-0.05, 0) is 131 Å². The first-order chi connectivity index (χ1) is 34.1. The molecule has 6 aliphatic heterocycles. The van der Waals surface area contributed by atoms with Crippen molar-refractivity contribution in [1.82, 2.24) is 19.6 Å². The minimum absolute atomic E-state index is 0.0401. The summed E-state index contributed by atoms with van der Waals surface area (Å²) < 4.78 is 54.6. The quantitative estimate of drug-likeness (QED) is 0.0900. The molecule has 0 unspecified atom stereocenters. The number of likely N-dealkylation sites (tertiary alicyclic amines) is 1. The molecular weight excluding hydrogens is 913 g/mol. The monoisotopic (exact) mass is 972 g/mol. The summed E-state index contributed by atoms with van der Waals surface area (Å²) in [7, 11) is -4.59. The lowest BCUT2D eigenvalue weighted by Crippen LogP contribution is -2.62. The molecule has 7 aliphatic rings. The molecule has 70 heavy (non-hydrogen) atoms. The number of hydrogen-bond donors (Lipinski definition) is 3. The van der Waals surface area contributed by atoms with Gasteiger partial charge in [0, 0.05) is 80.8 Å². The molecule has 4 saturated heterocycles. The lowest BCUT2D eigenvalue weighted by atomic mass is 9.58. The molecule has 12 rings (SSSR count). The van der Waals surface area contributed by atoms with Crippen LogP contribution in [0.2, 0.25) is 0 Å². The van der Waals surface area contributed by atoms with E-state index in [-0.39, 0.29) is 34.2 Å². The zero-order valence-corrected chi connectivity index (χ0v) is 40.1. The molecule has 0 bridgehead atoms. The number of pyridine rings is 1. The van der Waals surface area contributed by atoms with Crippen molar-refractivity contribution in [3.63, 3.8) is 0 Å². The molecule has 5 aromatic rings. The molecule has 3 N–H and O–H groups in total. The number of carbonyl (C=O) groups excluding carboxylic acids is 1. The number of nitro groups is 1. The van der Waals surface area contributed by atoms with E-state index in [9.17, 15) is 23.3 Å². The highest BCUT2D eigenvalue weighted by atomic mass is 32.2. The number of aromatic nitrogens is 2. The van der Waals surface area contributed by atoms with Crippen LogP contribution in [0.25, 0.3) is 11.0 Å². The van der Waals surface area contributed by atoms with Gasteiger partial charge in [-0.25, -0.2) is 13.1 Å². The number of amides is 1. The molecule has 1 aliphatic carbocycles. The van der Waals surface area contributed by atoms with Gasteiger partial charge in [0.2, 0.25) is 5.88 Å². The fourth-order valence-electron chi connectivity index (χ4n) is 12.9. The Labute approximate surface area is 407 Å². The Hall–Kier alpha value is -5.95. The summed E-state index contributed by atoms with van der Waals surface area (Å²) in [4.78, 5) is 41.4. The SMILES string of the molecule is O=C(NS(=O)(=O)c1ccc(NCC2CCOCC2)c([N+](=O)[O-])c1)c1ccc(N2CCC3(CC2)CC(N2CCCC[C@]24CCOc2ccccc24)C3)cc1N1c2cc3cc[nH]c3nc2O[C@@H]2COCC[C@@H]21. The standard InChI is InChI=1S/C52H60N8O9S/c61-49(56-70(64,65)38-8-10-41(44(29-38)60(62)63)54-32-34-12-23-66-24-13-34)39-9-7-36(28-43(39)59-42-14-25-67-33-47(42)69-50-45(59)27-35-11-19-53-48(35)55-50)57-21-16-51(17-22-57)30-37(31-51)58-20-4-3-15-52(58)18-26-68-46-6-2-1-5-40(46)52/h1-2,5-11,19,27-29,34,37,42,47,54H,3-4,12-18,20-26,30-33H2,(H,53,55)(H,56,61)/t42-,47+,52+/m0/s1. The van der Waals surface area contributed by atoms with Crippen LogP contribution in [-0.2, 0) is 25.0 Å². The third-order valence-corrected chi connectivity index (χ3v) is 18.0. The minimum Gasteiger partial charge on any atom is -0.493 e. The number of sulfonamides is 1. The van der Waals surface area contributed by atoms with Gasteiger partial charge in [0.1, 0.15) is 28.9 Å². The second kappa shape index (κ2) is 18.0. The predicted molar refractivity (Wildman–Crippen MR) is 264 cm³/mol. The van der Waals surface area contributed by atoms with E-state index in [1.54, 1.807) is 6.07 Å². The Morgan fingerprint density at radius 1 is 0.886 bits per heavy atom. The number of nitrogens with zero attached hydrogens (tertiary/aromatic N) is 5. The molecule has 1 amide bonds. The highest BCUT2D eigenvalue weighted by Crippen LogP contribution is 2.57. The number of benzene rings is 3. The Bertz CT molecular complexity index is 2930. The summed E-state index contributed by atoms with van der Waals surface area (Å²) in [6.45, 7) is 6.09. The van der Waals surface area contributed by atoms with Crippen LogP contribution in [-0.4, -0.2) is 112 Å². The maximum Gasteiger partial charge on any atom is 0.293 e. The Morgan fingerprint density at radius 2 is 1.71 bits per heavy atom. The van der Waals surface area contributed by atoms with Crippen molar-refractivity contribution in [3.05, 3.63) is 100 Å². The highest BCUT2D eigenvalue weighted by molar-refractivity contribution is 7.90. The minimum atomic E-state index is -4.59. The van der Waals surface area contributed by atoms with Crippen molar-refractivity contribution >= 4 is 55.4 Å². The van der Waals surface area contributed by atoms with E-state index in [4.69, 9.17) is 23.9 Å². The van der Waals surface area contributed by atoms with Crippen LogP contribution in [0.15, 0.2) is 83.9 Å². The van der Waals surface area contributed by atoms with Crippen molar-refractivity contribution in [1.29, 1.82) is 0 Å². The van der Waals surface area contributed by atoms with E-state index in [0.717, 1.165) is 81.2 Å². The van der Waals surface area contributed by atoms with Crippen LogP contribution in [0.3, 0.4) is 0 Å². The smallest absolute Gasteiger partial charge is 0.293 e. The lowest BCUT2D eigenvalue weighted by Gasteiger charge is -2.61. The molecule has 368 valence electrons. The molecule has 18 heteroatoms. The van der Waals surface area contributed by atoms with Crippen molar-refractivity contribution in [2.75, 3.05) is 74.3 Å². The van der Waals surface area contributed by atoms with E-state index in [1.165, 1.54) is 49.8 Å². The number of nitro benzene ring substituents is 1. The maximum atomic E-state index is 14.7. The van der Waals surface area contributed by atoms with Gasteiger partial charge in [-0.15, -0.1) is 0 Å². The van der Waals surface area contributed by atoms with Crippen LogP contribution >= 0.6 is 0 Å². The van der Waals surface area contributed by atoms with Gasteiger partial charge in [-0.3, -0.25) is 19.8 Å². The molecule has 17 nitrogen and oxygen atoms in total. The summed E-state index contributed by atoms with van der Waals surface area (Å²) in [5, 5.41) is 16.3. The number of ether oxygens (including phenoxy) is 4. The molecule has 3 aromatic carbocycles. The first-order valence-electron chi connectivity index (χ1n) is 25.1. The predicted octanol–water partition coefficient (Wildman–Crippen LogP) is 8.03. The zero-order valence-electron chi connectivity index (χ0n) is 39.3. The van der Waals surface area contributed by atoms with Gasteiger partial charge in [-0.1, -0.05) is 18.2 Å². The van der Waals surface area contributed by atoms with Crippen LogP contribution in [0.5, 0.6) is 11.6 Å². The summed E-state index contributed by atoms with van der Waals surface area (Å²) >= 11 is 0. The van der Waals surface area contributed by atoms with E-state index >= 15 is 0 Å². The number of piperidine rings is 2. The van der Waals surface area contributed by atoms with Gasteiger partial charge in [-0.2, -0.15) is 4.98 Å². The average molecular weight is 973 g/mol. The molecular formula is C52H60N8O9S. The van der Waals surface area contributed by atoms with E-state index in [0.29, 0.717) is 68.3 Å². The Kier molecular flexibility index (Phi) is 11.6. The number of fused-ring (bicyclic) bond motifs is 5. The van der Waals surface area contributed by atoms with Gasteiger partial charge >= 0.3 is 0 Å². The fraction of sp³-hybridized carbons (Fsp3) is 0.500. The number of para-hydroxylation sites is 1. The number of H-pyrrole nitrogens is 1. The number of rotatable bonds is 10. The van der Waals surface area contributed by atoms with E-state index in [2.05, 4.69) is 54.0 Å². The van der Waals surface area contributed by atoms with Gasteiger partial charge in [0.05, 0.1) is 45.9 Å². The van der Waals surface area contributed by atoms with E-state index < -0.39 is 37.5 Å². The normalized spacial score (nSPS) is 24.7. The summed E-state index contributed by atoms with van der Waals surface area (Å²) in [5.41, 5.74) is 4.36. The number of aromatic amines is 1. The highest BCUT2D eigenvalue weighted by Gasteiger charge is 2.54. The first kappa shape index (κ1) is 45.2. The first-order valence-corrected chi connectivity index (χ1v) is 26.6. The number of anilines is 4. The number of hydrogen-bond acceptors (Lipinski definition) is 14. The zero-order chi connectivity index (χ0) is 47.6. The van der Waals surface area contributed by atoms with Crippen molar-refractivity contribution < 1.29 is 37.1 Å². The molecule has 2 spiro atoms. The largest absolute Gasteiger partial charge is 0.493 e. The van der Waals surface area contributed by atoms with Crippen LogP contribution in [0, 0.1) is 21.4 Å².